The number of benzene rings is 2. The molecule has 0 unspecified atom stereocenters. The molecule has 25 heavy (non-hydrogen) atoms. The number of aryl methyl sites for hydroxylation is 1. The summed E-state index contributed by atoms with van der Waals surface area (Å²) in [5.41, 5.74) is 1.73. The quantitative estimate of drug-likeness (QED) is 0.819. The Balaban J connectivity index is 1.77. The second-order valence-electron chi connectivity index (χ2n) is 5.81. The van der Waals surface area contributed by atoms with Crippen LogP contribution in [-0.2, 0) is 16.6 Å². The van der Waals surface area contributed by atoms with E-state index in [1.807, 2.05) is 13.8 Å². The van der Waals surface area contributed by atoms with Crippen molar-refractivity contribution < 1.29 is 22.6 Å². The van der Waals surface area contributed by atoms with Gasteiger partial charge in [0.15, 0.2) is 11.5 Å². The maximum atomic E-state index is 12.7. The average molecular weight is 363 g/mol. The highest BCUT2D eigenvalue weighted by atomic mass is 32.2. The van der Waals surface area contributed by atoms with Gasteiger partial charge >= 0.3 is 0 Å². The molecule has 7 heteroatoms. The largest absolute Gasteiger partial charge is 0.492 e. The average Bonchev–Trinajstić information content (AvgIpc) is 3.06. The molecule has 0 amide bonds. The molecule has 0 radical (unpaired) electrons. The van der Waals surface area contributed by atoms with Crippen molar-refractivity contribution in [2.45, 2.75) is 31.7 Å². The van der Waals surface area contributed by atoms with Crippen LogP contribution in [0.15, 0.2) is 41.3 Å². The smallest absolute Gasteiger partial charge is 0.244 e. The minimum absolute atomic E-state index is 0.146. The SMILES string of the molecule is CCCOc1cc(C)ccc1S(=O)(=O)NCc1ccc2c(c1)OCO2. The van der Waals surface area contributed by atoms with Crippen molar-refractivity contribution in [2.24, 2.45) is 0 Å². The summed E-state index contributed by atoms with van der Waals surface area (Å²) in [5, 5.41) is 0. The van der Waals surface area contributed by atoms with E-state index in [0.717, 1.165) is 17.5 Å². The molecule has 0 atom stereocenters. The van der Waals surface area contributed by atoms with Gasteiger partial charge in [-0.1, -0.05) is 19.1 Å². The van der Waals surface area contributed by atoms with E-state index in [2.05, 4.69) is 4.72 Å². The van der Waals surface area contributed by atoms with E-state index in [9.17, 15) is 8.42 Å². The van der Waals surface area contributed by atoms with E-state index in [-0.39, 0.29) is 18.2 Å². The Bertz CT molecular complexity index is 864. The Morgan fingerprint density at radius 1 is 1.12 bits per heavy atom. The van der Waals surface area contributed by atoms with Gasteiger partial charge in [-0.25, -0.2) is 13.1 Å². The monoisotopic (exact) mass is 363 g/mol. The van der Waals surface area contributed by atoms with Gasteiger partial charge in [0, 0.05) is 6.54 Å². The third-order valence-corrected chi connectivity index (χ3v) is 5.19. The van der Waals surface area contributed by atoms with E-state index in [4.69, 9.17) is 14.2 Å². The number of ether oxygens (including phenoxy) is 3. The third-order valence-electron chi connectivity index (χ3n) is 3.75. The lowest BCUT2D eigenvalue weighted by atomic mass is 10.2. The lowest BCUT2D eigenvalue weighted by molar-refractivity contribution is 0.174. The van der Waals surface area contributed by atoms with Gasteiger partial charge < -0.3 is 14.2 Å². The summed E-state index contributed by atoms with van der Waals surface area (Å²) in [7, 11) is -3.70. The molecular weight excluding hydrogens is 342 g/mol. The van der Waals surface area contributed by atoms with Gasteiger partial charge in [-0.3, -0.25) is 0 Å². The van der Waals surface area contributed by atoms with Crippen LogP contribution in [0, 0.1) is 6.92 Å². The fourth-order valence-electron chi connectivity index (χ4n) is 2.47. The van der Waals surface area contributed by atoms with Gasteiger partial charge in [0.05, 0.1) is 6.61 Å². The van der Waals surface area contributed by atoms with Crippen LogP contribution in [0.25, 0.3) is 0 Å². The fourth-order valence-corrected chi connectivity index (χ4v) is 3.61. The highest BCUT2D eigenvalue weighted by Crippen LogP contribution is 2.32. The molecule has 0 aliphatic carbocycles. The molecule has 1 heterocycles. The number of hydrogen-bond acceptors (Lipinski definition) is 5. The van der Waals surface area contributed by atoms with Gasteiger partial charge in [0.1, 0.15) is 10.6 Å². The second kappa shape index (κ2) is 7.33. The fraction of sp³-hybridized carbons (Fsp3) is 0.333. The van der Waals surface area contributed by atoms with Gasteiger partial charge in [-0.2, -0.15) is 0 Å². The Kier molecular flexibility index (Phi) is 5.15. The van der Waals surface area contributed by atoms with Crippen molar-refractivity contribution >= 4 is 10.0 Å². The summed E-state index contributed by atoms with van der Waals surface area (Å²) >= 11 is 0. The number of fused-ring (bicyclic) bond motifs is 1. The van der Waals surface area contributed by atoms with Gasteiger partial charge in [-0.05, 0) is 48.7 Å². The lowest BCUT2D eigenvalue weighted by Crippen LogP contribution is -2.24. The molecule has 134 valence electrons. The van der Waals surface area contributed by atoms with Gasteiger partial charge in [0.2, 0.25) is 16.8 Å². The minimum Gasteiger partial charge on any atom is -0.492 e. The third kappa shape index (κ3) is 4.05. The Morgan fingerprint density at radius 2 is 1.92 bits per heavy atom. The topological polar surface area (TPSA) is 73.9 Å². The van der Waals surface area contributed by atoms with Crippen molar-refractivity contribution in [3.63, 3.8) is 0 Å². The first-order chi connectivity index (χ1) is 12.0. The minimum atomic E-state index is -3.70. The molecule has 0 bridgehead atoms. The summed E-state index contributed by atoms with van der Waals surface area (Å²) in [6.45, 7) is 4.68. The Labute approximate surface area is 147 Å². The summed E-state index contributed by atoms with van der Waals surface area (Å²) in [6, 6.07) is 10.4. The van der Waals surface area contributed by atoms with Crippen molar-refractivity contribution in [2.75, 3.05) is 13.4 Å². The van der Waals surface area contributed by atoms with E-state index in [1.165, 1.54) is 0 Å². The summed E-state index contributed by atoms with van der Waals surface area (Å²) in [5.74, 6) is 1.67. The zero-order chi connectivity index (χ0) is 17.9. The molecule has 3 rings (SSSR count). The number of hydrogen-bond donors (Lipinski definition) is 1. The van der Waals surface area contributed by atoms with Crippen LogP contribution in [0.5, 0.6) is 17.2 Å². The summed E-state index contributed by atoms with van der Waals surface area (Å²) < 4.78 is 44.2. The number of sulfonamides is 1. The standard InChI is InChI=1S/C18H21NO5S/c1-3-8-22-17-9-13(2)4-7-18(17)25(20,21)19-11-14-5-6-15-16(10-14)24-12-23-15/h4-7,9-10,19H,3,8,11-12H2,1-2H3. The van der Waals surface area contributed by atoms with Crippen molar-refractivity contribution in [1.82, 2.24) is 4.72 Å². The van der Waals surface area contributed by atoms with Crippen LogP contribution in [0.2, 0.25) is 0 Å². The molecule has 1 aliphatic rings. The maximum Gasteiger partial charge on any atom is 0.244 e. The predicted molar refractivity (Wildman–Crippen MR) is 93.6 cm³/mol. The zero-order valence-corrected chi connectivity index (χ0v) is 15.1. The van der Waals surface area contributed by atoms with Crippen molar-refractivity contribution in [1.29, 1.82) is 0 Å². The highest BCUT2D eigenvalue weighted by Gasteiger charge is 2.20. The zero-order valence-electron chi connectivity index (χ0n) is 14.2. The summed E-state index contributed by atoms with van der Waals surface area (Å²) in [4.78, 5) is 0.146. The molecule has 1 N–H and O–H groups in total. The van der Waals surface area contributed by atoms with E-state index in [1.54, 1.807) is 36.4 Å². The highest BCUT2D eigenvalue weighted by molar-refractivity contribution is 7.89. The first kappa shape index (κ1) is 17.6. The molecule has 0 fully saturated rings. The molecular formula is C18H21NO5S. The molecule has 6 nitrogen and oxygen atoms in total. The van der Waals surface area contributed by atoms with Gasteiger partial charge in [-0.15, -0.1) is 0 Å². The van der Waals surface area contributed by atoms with Crippen LogP contribution >= 0.6 is 0 Å². The van der Waals surface area contributed by atoms with Crippen LogP contribution in [-0.4, -0.2) is 21.8 Å². The molecule has 0 aromatic heterocycles. The van der Waals surface area contributed by atoms with Crippen LogP contribution in [0.3, 0.4) is 0 Å². The van der Waals surface area contributed by atoms with E-state index < -0.39 is 10.0 Å². The van der Waals surface area contributed by atoms with Crippen LogP contribution in [0.1, 0.15) is 24.5 Å². The van der Waals surface area contributed by atoms with Crippen LogP contribution < -0.4 is 18.9 Å². The molecule has 0 saturated heterocycles. The molecule has 1 aliphatic heterocycles. The van der Waals surface area contributed by atoms with Crippen LogP contribution in [0.4, 0.5) is 0 Å². The van der Waals surface area contributed by atoms with Crippen molar-refractivity contribution in [3.05, 3.63) is 47.5 Å². The summed E-state index contributed by atoms with van der Waals surface area (Å²) in [6.07, 6.45) is 0.804. The predicted octanol–water partition coefficient (Wildman–Crippen LogP) is 2.99. The molecule has 0 saturated carbocycles. The molecule has 0 spiro atoms. The first-order valence-corrected chi connectivity index (χ1v) is 9.59. The van der Waals surface area contributed by atoms with Crippen molar-refractivity contribution in [3.8, 4) is 17.2 Å². The first-order valence-electron chi connectivity index (χ1n) is 8.11. The van der Waals surface area contributed by atoms with E-state index >= 15 is 0 Å². The molecule has 2 aromatic rings. The second-order valence-corrected chi connectivity index (χ2v) is 7.55. The Morgan fingerprint density at radius 3 is 2.72 bits per heavy atom. The number of nitrogens with one attached hydrogen (secondary N) is 1. The number of rotatable bonds is 7. The van der Waals surface area contributed by atoms with E-state index in [0.29, 0.717) is 23.9 Å². The Hall–Kier alpha value is -2.25. The molecule has 2 aromatic carbocycles. The van der Waals surface area contributed by atoms with Gasteiger partial charge in [0.25, 0.3) is 0 Å². The lowest BCUT2D eigenvalue weighted by Gasteiger charge is -2.13. The maximum absolute atomic E-state index is 12.7. The normalized spacial score (nSPS) is 13.0.